The number of hydrogen-bond acceptors (Lipinski definition) is 7. The zero-order valence-corrected chi connectivity index (χ0v) is 28.6. The molecule has 11 nitrogen and oxygen atoms in total. The molecule has 0 radical (unpaired) electrons. The van der Waals surface area contributed by atoms with Crippen molar-refractivity contribution in [1.29, 1.82) is 0 Å². The van der Waals surface area contributed by atoms with Crippen LogP contribution >= 0.6 is 0 Å². The molecule has 1 aliphatic heterocycles. The molecule has 2 aromatic rings. The smallest absolute Gasteiger partial charge is 0.320 e. The first-order valence-corrected chi connectivity index (χ1v) is 17.2. The molecule has 0 saturated carbocycles. The Morgan fingerprint density at radius 1 is 1.06 bits per heavy atom. The number of methoxy groups -OCH3 is 1. The van der Waals surface area contributed by atoms with Crippen LogP contribution in [0.15, 0.2) is 24.3 Å². The summed E-state index contributed by atoms with van der Waals surface area (Å²) >= 11 is 0. The van der Waals surface area contributed by atoms with Crippen molar-refractivity contribution in [3.8, 4) is 5.75 Å². The number of rotatable bonds is 20. The minimum Gasteiger partial charge on any atom is -0.494 e. The molecule has 1 fully saturated rings. The molecule has 2 N–H and O–H groups in total. The van der Waals surface area contributed by atoms with Gasteiger partial charge in [-0.25, -0.2) is 9.18 Å². The quantitative estimate of drug-likeness (QED) is 0.187. The Balaban J connectivity index is 1.30. The molecular weight excluding hydrogens is 619 g/mol. The predicted octanol–water partition coefficient (Wildman–Crippen LogP) is 5.08. The van der Waals surface area contributed by atoms with Gasteiger partial charge in [-0.15, -0.1) is 0 Å². The van der Waals surface area contributed by atoms with Gasteiger partial charge in [-0.3, -0.25) is 14.6 Å². The van der Waals surface area contributed by atoms with Crippen LogP contribution in [0.25, 0.3) is 0 Å². The SMILES string of the molecule is COc1ccc([C@@H](CC(=O)O)N2CCN(CCCc3nc4c(cc3CNC(=O)CCOCCOCCC(C)C)CCCC4)C2=O)cc1F. The van der Waals surface area contributed by atoms with E-state index in [9.17, 15) is 23.9 Å². The average Bonchev–Trinajstić information content (AvgIpc) is 3.42. The number of urea groups is 1. The Hall–Kier alpha value is -3.77. The molecular formula is C36H51FN4O7. The molecule has 2 heterocycles. The van der Waals surface area contributed by atoms with E-state index in [4.69, 9.17) is 19.2 Å². The van der Waals surface area contributed by atoms with Crippen molar-refractivity contribution in [3.63, 3.8) is 0 Å². The number of nitrogens with one attached hydrogen (secondary N) is 1. The van der Waals surface area contributed by atoms with Gasteiger partial charge in [0.25, 0.3) is 0 Å². The fraction of sp³-hybridized carbons (Fsp3) is 0.611. The van der Waals surface area contributed by atoms with Crippen molar-refractivity contribution in [3.05, 3.63) is 58.2 Å². The van der Waals surface area contributed by atoms with Crippen LogP contribution in [-0.4, -0.2) is 91.0 Å². The molecule has 0 bridgehead atoms. The van der Waals surface area contributed by atoms with Crippen molar-refractivity contribution in [2.45, 2.75) is 84.2 Å². The number of fused-ring (bicyclic) bond motifs is 1. The summed E-state index contributed by atoms with van der Waals surface area (Å²) in [6.07, 6.45) is 6.36. The van der Waals surface area contributed by atoms with Crippen molar-refractivity contribution in [1.82, 2.24) is 20.1 Å². The largest absolute Gasteiger partial charge is 0.494 e. The highest BCUT2D eigenvalue weighted by Crippen LogP contribution is 2.31. The fourth-order valence-corrected chi connectivity index (χ4v) is 6.18. The van der Waals surface area contributed by atoms with Gasteiger partial charge in [-0.05, 0) is 79.7 Å². The highest BCUT2D eigenvalue weighted by Gasteiger charge is 2.35. The highest BCUT2D eigenvalue weighted by molar-refractivity contribution is 5.78. The number of carboxylic acid groups (broad SMARTS) is 1. The molecule has 1 aliphatic carbocycles. The molecule has 2 aliphatic rings. The van der Waals surface area contributed by atoms with Crippen LogP contribution in [0.4, 0.5) is 9.18 Å². The standard InChI is InChI=1S/C36H51FN4O7/c1-25(2)12-17-47-19-20-48-18-13-34(42)38-24-28-21-26-7-4-5-8-30(26)39-31(28)9-6-14-40-15-16-41(36(40)45)32(23-35(43)44)27-10-11-33(46-3)29(37)22-27/h10-11,21-22,25,32H,4-9,12-20,23-24H2,1-3H3,(H,38,42)(H,43,44)/t32-/m1/s1. The summed E-state index contributed by atoms with van der Waals surface area (Å²) in [5.41, 5.74) is 4.67. The summed E-state index contributed by atoms with van der Waals surface area (Å²) in [5, 5.41) is 12.6. The van der Waals surface area contributed by atoms with E-state index in [1.165, 1.54) is 29.7 Å². The fourth-order valence-electron chi connectivity index (χ4n) is 6.18. The first-order chi connectivity index (χ1) is 23.2. The van der Waals surface area contributed by atoms with Gasteiger partial charge in [0.15, 0.2) is 11.6 Å². The Morgan fingerprint density at radius 3 is 2.56 bits per heavy atom. The van der Waals surface area contributed by atoms with E-state index in [0.29, 0.717) is 76.9 Å². The molecule has 1 aromatic heterocycles. The lowest BCUT2D eigenvalue weighted by Crippen LogP contribution is -2.36. The molecule has 1 aromatic carbocycles. The Bertz CT molecular complexity index is 1390. The van der Waals surface area contributed by atoms with Crippen LogP contribution in [0.3, 0.4) is 0 Å². The normalized spacial score (nSPS) is 15.1. The number of nitrogens with zero attached hydrogens (tertiary/aromatic N) is 3. The molecule has 48 heavy (non-hydrogen) atoms. The topological polar surface area (TPSA) is 131 Å². The van der Waals surface area contributed by atoms with E-state index < -0.39 is 17.8 Å². The highest BCUT2D eigenvalue weighted by atomic mass is 19.1. The molecule has 0 spiro atoms. The third-order valence-electron chi connectivity index (χ3n) is 8.90. The van der Waals surface area contributed by atoms with E-state index in [1.54, 1.807) is 11.0 Å². The van der Waals surface area contributed by atoms with E-state index in [0.717, 1.165) is 49.1 Å². The zero-order chi connectivity index (χ0) is 34.5. The van der Waals surface area contributed by atoms with Crippen LogP contribution in [0.1, 0.15) is 86.5 Å². The second-order valence-electron chi connectivity index (χ2n) is 12.9. The number of aryl methyl sites for hydroxylation is 3. The Kier molecular flexibility index (Phi) is 14.4. The number of benzene rings is 1. The number of aromatic nitrogens is 1. The lowest BCUT2D eigenvalue weighted by Gasteiger charge is -2.27. The summed E-state index contributed by atoms with van der Waals surface area (Å²) < 4.78 is 30.6. The number of ether oxygens (including phenoxy) is 3. The van der Waals surface area contributed by atoms with Gasteiger partial charge in [0, 0.05) is 50.6 Å². The second-order valence-corrected chi connectivity index (χ2v) is 12.9. The number of aliphatic carboxylic acids is 1. The van der Waals surface area contributed by atoms with Crippen LogP contribution in [0, 0.1) is 11.7 Å². The number of amides is 3. The predicted molar refractivity (Wildman–Crippen MR) is 178 cm³/mol. The summed E-state index contributed by atoms with van der Waals surface area (Å²) in [4.78, 5) is 46.0. The lowest BCUT2D eigenvalue weighted by atomic mass is 9.93. The van der Waals surface area contributed by atoms with E-state index in [2.05, 4.69) is 25.2 Å². The maximum atomic E-state index is 14.5. The number of hydrogen-bond donors (Lipinski definition) is 2. The van der Waals surface area contributed by atoms with Crippen molar-refractivity contribution in [2.24, 2.45) is 5.92 Å². The average molecular weight is 671 g/mol. The molecule has 3 amide bonds. The van der Waals surface area contributed by atoms with E-state index in [-0.39, 0.29) is 30.5 Å². The lowest BCUT2D eigenvalue weighted by molar-refractivity contribution is -0.138. The van der Waals surface area contributed by atoms with Crippen LogP contribution in [-0.2, 0) is 44.9 Å². The zero-order valence-electron chi connectivity index (χ0n) is 28.6. The minimum absolute atomic E-state index is 0.0553. The molecule has 0 unspecified atom stereocenters. The monoisotopic (exact) mass is 670 g/mol. The number of halogens is 1. The van der Waals surface area contributed by atoms with Gasteiger partial charge in [0.1, 0.15) is 0 Å². The minimum atomic E-state index is -1.07. The van der Waals surface area contributed by atoms with Gasteiger partial charge in [-0.1, -0.05) is 26.0 Å². The third kappa shape index (κ3) is 10.9. The van der Waals surface area contributed by atoms with Crippen molar-refractivity contribution < 1.29 is 38.1 Å². The number of pyridine rings is 1. The van der Waals surface area contributed by atoms with Crippen molar-refractivity contribution in [2.75, 3.05) is 53.2 Å². The molecule has 12 heteroatoms. The van der Waals surface area contributed by atoms with Gasteiger partial charge in [0.2, 0.25) is 5.91 Å². The molecule has 4 rings (SSSR count). The molecule has 1 atom stereocenters. The Labute approximate surface area is 283 Å². The van der Waals surface area contributed by atoms with Gasteiger partial charge in [-0.2, -0.15) is 0 Å². The summed E-state index contributed by atoms with van der Waals surface area (Å²) in [7, 11) is 1.36. The van der Waals surface area contributed by atoms with Crippen molar-refractivity contribution >= 4 is 17.9 Å². The van der Waals surface area contributed by atoms with Crippen LogP contribution in [0.5, 0.6) is 5.75 Å². The second kappa shape index (κ2) is 18.7. The van der Waals surface area contributed by atoms with Gasteiger partial charge >= 0.3 is 12.0 Å². The first kappa shape index (κ1) is 37.1. The van der Waals surface area contributed by atoms with Crippen LogP contribution < -0.4 is 10.1 Å². The van der Waals surface area contributed by atoms with Gasteiger partial charge in [0.05, 0.1) is 39.4 Å². The molecule has 264 valence electrons. The number of carbonyl (C=O) groups is 3. The Morgan fingerprint density at radius 2 is 1.83 bits per heavy atom. The number of carboxylic acids is 1. The number of carbonyl (C=O) groups excluding carboxylic acids is 2. The first-order valence-electron chi connectivity index (χ1n) is 17.2. The van der Waals surface area contributed by atoms with Gasteiger partial charge < -0.3 is 34.4 Å². The van der Waals surface area contributed by atoms with Crippen LogP contribution in [0.2, 0.25) is 0 Å². The summed E-state index contributed by atoms with van der Waals surface area (Å²) in [6.45, 7) is 7.96. The van der Waals surface area contributed by atoms with E-state index in [1.807, 2.05) is 0 Å². The maximum absolute atomic E-state index is 14.5. The summed E-state index contributed by atoms with van der Waals surface area (Å²) in [6, 6.07) is 5.39. The third-order valence-corrected chi connectivity index (χ3v) is 8.90. The summed E-state index contributed by atoms with van der Waals surface area (Å²) in [5.74, 6) is -1.11. The maximum Gasteiger partial charge on any atom is 0.320 e. The molecule has 1 saturated heterocycles. The van der Waals surface area contributed by atoms with E-state index >= 15 is 0 Å².